The third kappa shape index (κ3) is 3.96. The Bertz CT molecular complexity index is 835. The van der Waals surface area contributed by atoms with Crippen molar-refractivity contribution >= 4 is 23.2 Å². The number of alkyl halides is 1. The lowest BCUT2D eigenvalue weighted by molar-refractivity contribution is -0.113. The summed E-state index contributed by atoms with van der Waals surface area (Å²) in [6.07, 6.45) is 0.261. The van der Waals surface area contributed by atoms with E-state index in [1.807, 2.05) is 0 Å². The van der Waals surface area contributed by atoms with Crippen LogP contribution in [0.5, 0.6) is 23.0 Å². The number of phenols is 2. The van der Waals surface area contributed by atoms with E-state index in [0.717, 1.165) is 0 Å². The quantitative estimate of drug-likeness (QED) is 0.668. The van der Waals surface area contributed by atoms with E-state index in [1.165, 1.54) is 7.11 Å². The van der Waals surface area contributed by atoms with Crippen molar-refractivity contribution in [2.75, 3.05) is 25.4 Å². The number of aromatic hydroxyl groups is 2. The molecule has 1 amide bonds. The number of carbonyl (C=O) groups excluding carboxylic acids is 1. The van der Waals surface area contributed by atoms with E-state index < -0.39 is 5.91 Å². The molecular weight excluding hydrogens is 358 g/mol. The molecule has 0 spiro atoms. The monoisotopic (exact) mass is 379 g/mol. The molecule has 26 heavy (non-hydrogen) atoms. The van der Waals surface area contributed by atoms with Crippen LogP contribution in [0.15, 0.2) is 18.2 Å². The molecule has 2 rings (SSSR count). The maximum atomic E-state index is 11.6. The summed E-state index contributed by atoms with van der Waals surface area (Å²) in [5.74, 6) is 0.553. The van der Waals surface area contributed by atoms with Crippen molar-refractivity contribution in [1.82, 2.24) is 0 Å². The Morgan fingerprint density at radius 3 is 2.31 bits per heavy atom. The minimum atomic E-state index is -0.402. The fraction of sp³-hybridized carbons (Fsp3) is 0.316. The maximum absolute atomic E-state index is 11.6. The second kappa shape index (κ2) is 8.19. The Hall–Kier alpha value is -2.60. The van der Waals surface area contributed by atoms with Gasteiger partial charge in [0.25, 0.3) is 0 Å². The zero-order chi connectivity index (χ0) is 19.4. The van der Waals surface area contributed by atoms with Crippen molar-refractivity contribution in [1.29, 1.82) is 0 Å². The van der Waals surface area contributed by atoms with Crippen LogP contribution in [-0.2, 0) is 11.2 Å². The van der Waals surface area contributed by atoms with Gasteiger partial charge in [0.05, 0.1) is 19.9 Å². The van der Waals surface area contributed by atoms with Gasteiger partial charge in [-0.1, -0.05) is 0 Å². The normalized spacial score (nSPS) is 10.5. The molecule has 0 aliphatic rings. The fourth-order valence-electron chi connectivity index (χ4n) is 2.74. The molecule has 3 N–H and O–H groups in total. The van der Waals surface area contributed by atoms with Crippen LogP contribution in [0.4, 0.5) is 5.69 Å². The minimum Gasteiger partial charge on any atom is -0.507 e. The largest absolute Gasteiger partial charge is 0.507 e. The number of hydrogen-bond donors (Lipinski definition) is 3. The molecule has 2 aromatic rings. The summed E-state index contributed by atoms with van der Waals surface area (Å²) < 4.78 is 10.6. The number of phenolic OH excluding ortho intramolecular Hbond substituents is 2. The number of nitrogens with one attached hydrogen (secondary N) is 1. The topological polar surface area (TPSA) is 88.0 Å². The van der Waals surface area contributed by atoms with Crippen molar-refractivity contribution in [2.45, 2.75) is 20.3 Å². The van der Waals surface area contributed by atoms with Gasteiger partial charge in [-0.2, -0.15) is 0 Å². The van der Waals surface area contributed by atoms with Crippen molar-refractivity contribution < 1.29 is 24.5 Å². The van der Waals surface area contributed by atoms with E-state index in [4.69, 9.17) is 21.1 Å². The summed E-state index contributed by atoms with van der Waals surface area (Å²) in [6, 6.07) is 5.07. The molecule has 7 heteroatoms. The Labute approximate surface area is 157 Å². The summed E-state index contributed by atoms with van der Waals surface area (Å²) in [5.41, 5.74) is 2.65. The number of anilines is 1. The van der Waals surface area contributed by atoms with Gasteiger partial charge in [0, 0.05) is 23.1 Å². The number of carbonyl (C=O) groups is 1. The minimum absolute atomic E-state index is 0.00976. The number of benzene rings is 2. The molecular formula is C19H22ClNO5. The number of halogens is 1. The summed E-state index contributed by atoms with van der Waals surface area (Å²) >= 11 is 5.53. The van der Waals surface area contributed by atoms with Crippen molar-refractivity contribution in [2.24, 2.45) is 0 Å². The second-order valence-electron chi connectivity index (χ2n) is 5.90. The van der Waals surface area contributed by atoms with Gasteiger partial charge in [-0.3, -0.25) is 4.79 Å². The van der Waals surface area contributed by atoms with E-state index in [1.54, 1.807) is 39.2 Å². The predicted octanol–water partition coefficient (Wildman–Crippen LogP) is 3.50. The van der Waals surface area contributed by atoms with Crippen LogP contribution in [0.1, 0.15) is 22.3 Å². The molecule has 0 unspecified atom stereocenters. The molecule has 0 fully saturated rings. The third-order valence-corrected chi connectivity index (χ3v) is 4.40. The number of ether oxygens (including phenoxy) is 2. The first kappa shape index (κ1) is 19.7. The summed E-state index contributed by atoms with van der Waals surface area (Å²) in [7, 11) is 3.02. The molecule has 0 aliphatic carbocycles. The molecule has 0 saturated carbocycles. The molecule has 0 bridgehead atoms. The first-order valence-electron chi connectivity index (χ1n) is 7.94. The molecule has 0 aliphatic heterocycles. The lowest BCUT2D eigenvalue weighted by Gasteiger charge is -2.18. The average Bonchev–Trinajstić information content (AvgIpc) is 2.64. The highest BCUT2D eigenvalue weighted by molar-refractivity contribution is 6.29. The van der Waals surface area contributed by atoms with E-state index >= 15 is 0 Å². The number of aryl methyl sites for hydroxylation is 1. The van der Waals surface area contributed by atoms with Gasteiger partial charge in [0.2, 0.25) is 5.91 Å². The lowest BCUT2D eigenvalue weighted by Crippen LogP contribution is -2.14. The smallest absolute Gasteiger partial charge is 0.239 e. The highest BCUT2D eigenvalue weighted by Crippen LogP contribution is 2.40. The van der Waals surface area contributed by atoms with E-state index in [0.29, 0.717) is 39.4 Å². The number of rotatable bonds is 6. The van der Waals surface area contributed by atoms with Gasteiger partial charge >= 0.3 is 0 Å². The Morgan fingerprint density at radius 1 is 1.08 bits per heavy atom. The lowest BCUT2D eigenvalue weighted by atomic mass is 9.97. The third-order valence-electron chi connectivity index (χ3n) is 4.16. The van der Waals surface area contributed by atoms with Gasteiger partial charge in [0.15, 0.2) is 0 Å². The highest BCUT2D eigenvalue weighted by Gasteiger charge is 2.19. The summed E-state index contributed by atoms with van der Waals surface area (Å²) in [6.45, 7) is 3.44. The average molecular weight is 380 g/mol. The van der Waals surface area contributed by atoms with Crippen LogP contribution in [0.25, 0.3) is 0 Å². The molecule has 0 saturated heterocycles. The van der Waals surface area contributed by atoms with Crippen LogP contribution in [-0.4, -0.2) is 36.2 Å². The Kier molecular flexibility index (Phi) is 6.21. The number of hydrogen-bond acceptors (Lipinski definition) is 5. The Morgan fingerprint density at radius 2 is 1.73 bits per heavy atom. The molecule has 0 heterocycles. The van der Waals surface area contributed by atoms with Crippen molar-refractivity contribution in [3.8, 4) is 23.0 Å². The van der Waals surface area contributed by atoms with Crippen LogP contribution in [0.2, 0.25) is 0 Å². The molecule has 2 aromatic carbocycles. The van der Waals surface area contributed by atoms with Crippen LogP contribution in [0.3, 0.4) is 0 Å². The zero-order valence-electron chi connectivity index (χ0n) is 15.1. The Balaban J connectivity index is 2.50. The van der Waals surface area contributed by atoms with E-state index in [-0.39, 0.29) is 23.8 Å². The summed E-state index contributed by atoms with van der Waals surface area (Å²) in [4.78, 5) is 11.6. The fourth-order valence-corrected chi connectivity index (χ4v) is 2.81. The molecule has 0 aromatic heterocycles. The van der Waals surface area contributed by atoms with Crippen molar-refractivity contribution in [3.63, 3.8) is 0 Å². The first-order valence-corrected chi connectivity index (χ1v) is 8.47. The molecule has 140 valence electrons. The van der Waals surface area contributed by atoms with Crippen LogP contribution in [0, 0.1) is 13.8 Å². The van der Waals surface area contributed by atoms with Crippen LogP contribution < -0.4 is 14.8 Å². The highest BCUT2D eigenvalue weighted by atomic mass is 35.5. The van der Waals surface area contributed by atoms with Gasteiger partial charge in [-0.15, -0.1) is 11.6 Å². The second-order valence-corrected chi connectivity index (χ2v) is 6.16. The standard InChI is InChI=1S/C19H22ClNO5/c1-10-5-14(25-3)7-12(18(10)23)6-13-8-15(26-4)17(11(2)19(13)24)21-16(22)9-20/h5,7-8,23-24H,6,9H2,1-4H3,(H,21,22). The van der Waals surface area contributed by atoms with Crippen molar-refractivity contribution in [3.05, 3.63) is 40.5 Å². The zero-order valence-corrected chi connectivity index (χ0v) is 15.9. The summed E-state index contributed by atoms with van der Waals surface area (Å²) in [5, 5.41) is 23.5. The maximum Gasteiger partial charge on any atom is 0.239 e. The van der Waals surface area contributed by atoms with E-state index in [9.17, 15) is 15.0 Å². The van der Waals surface area contributed by atoms with Gasteiger partial charge in [-0.25, -0.2) is 0 Å². The molecule has 0 atom stereocenters. The SMILES string of the molecule is COc1cc(C)c(O)c(Cc2cc(OC)c(NC(=O)CCl)c(C)c2O)c1. The van der Waals surface area contributed by atoms with Gasteiger partial charge in [-0.05, 0) is 37.6 Å². The van der Waals surface area contributed by atoms with Gasteiger partial charge in [0.1, 0.15) is 28.9 Å². The van der Waals surface area contributed by atoms with E-state index in [2.05, 4.69) is 5.32 Å². The van der Waals surface area contributed by atoms with Gasteiger partial charge < -0.3 is 25.0 Å². The number of methoxy groups -OCH3 is 2. The molecule has 6 nitrogen and oxygen atoms in total. The van der Waals surface area contributed by atoms with Crippen LogP contribution >= 0.6 is 11.6 Å². The first-order chi connectivity index (χ1) is 12.3. The molecule has 0 radical (unpaired) electrons. The predicted molar refractivity (Wildman–Crippen MR) is 101 cm³/mol. The number of amides is 1.